The third-order valence-electron chi connectivity index (χ3n) is 8.25. The van der Waals surface area contributed by atoms with Gasteiger partial charge in [0.25, 0.3) is 0 Å². The highest BCUT2D eigenvalue weighted by Crippen LogP contribution is 2.16. The first-order chi connectivity index (χ1) is 22.3. The van der Waals surface area contributed by atoms with Crippen molar-refractivity contribution in [1.29, 1.82) is 0 Å². The molecule has 46 heavy (non-hydrogen) atoms. The third kappa shape index (κ3) is 29.0. The highest BCUT2D eigenvalue weighted by Gasteiger charge is 2.18. The molecule has 0 aliphatic carbocycles. The molecular formula is C37H68N2O7. The molecule has 0 spiro atoms. The summed E-state index contributed by atoms with van der Waals surface area (Å²) in [6.45, 7) is 3.44. The first kappa shape index (κ1) is 43.6. The van der Waals surface area contributed by atoms with E-state index >= 15 is 0 Å². The van der Waals surface area contributed by atoms with Crippen molar-refractivity contribution >= 4 is 23.8 Å². The first-order valence-electron chi connectivity index (χ1n) is 18.6. The van der Waals surface area contributed by atoms with Gasteiger partial charge in [0, 0.05) is 12.8 Å². The fraction of sp³-hybridized carbons (Fsp3) is 0.838. The maximum Gasteiger partial charge on any atom is 0.328 e. The molecule has 0 saturated carbocycles. The van der Waals surface area contributed by atoms with E-state index in [4.69, 9.17) is 14.9 Å². The number of aliphatic hydroxyl groups is 1. The van der Waals surface area contributed by atoms with Crippen LogP contribution in [-0.2, 0) is 23.9 Å². The molecule has 2 atom stereocenters. The molecule has 0 aliphatic rings. The van der Waals surface area contributed by atoms with Crippen LogP contribution in [0.1, 0.15) is 174 Å². The van der Waals surface area contributed by atoms with Crippen LogP contribution in [0.4, 0.5) is 0 Å². The summed E-state index contributed by atoms with van der Waals surface area (Å²) in [4.78, 5) is 47.1. The molecule has 0 rings (SSSR count). The summed E-state index contributed by atoms with van der Waals surface area (Å²) in [5.74, 6) is -2.32. The standard InChI is InChI=1S/C37H68N2O7/c1-3-5-7-9-11-13-15-21-25-29-36(43)46-32(26-22-18-14-12-10-8-6-4-2)27-23-19-16-17-20-24-28-34(41)38-30-35(42)39-33(31-40)37(44)45/h22,26,32-33,40H,3-21,23-25,27-31H2,1-2H3,(H,38,41)(H,39,42)(H,44,45)/b26-22-. The number of esters is 1. The Labute approximate surface area is 280 Å². The van der Waals surface area contributed by atoms with Crippen LogP contribution in [0.5, 0.6) is 0 Å². The number of carboxylic acids is 1. The minimum atomic E-state index is -1.38. The van der Waals surface area contributed by atoms with E-state index in [1.165, 1.54) is 83.5 Å². The zero-order chi connectivity index (χ0) is 34.1. The molecule has 0 bridgehead atoms. The van der Waals surface area contributed by atoms with Crippen molar-refractivity contribution in [2.24, 2.45) is 0 Å². The van der Waals surface area contributed by atoms with Crippen molar-refractivity contribution in [2.75, 3.05) is 13.2 Å². The van der Waals surface area contributed by atoms with Gasteiger partial charge < -0.3 is 25.6 Å². The number of carbonyl (C=O) groups excluding carboxylic acids is 3. The predicted octanol–water partition coefficient (Wildman–Crippen LogP) is 7.92. The van der Waals surface area contributed by atoms with E-state index in [1.807, 2.05) is 0 Å². The maximum absolute atomic E-state index is 12.6. The molecule has 0 aromatic heterocycles. The summed E-state index contributed by atoms with van der Waals surface area (Å²) >= 11 is 0. The van der Waals surface area contributed by atoms with Crippen LogP contribution in [0.25, 0.3) is 0 Å². The van der Waals surface area contributed by atoms with Crippen molar-refractivity contribution in [3.05, 3.63) is 12.2 Å². The fourth-order valence-electron chi connectivity index (χ4n) is 5.33. The molecule has 2 amide bonds. The predicted molar refractivity (Wildman–Crippen MR) is 185 cm³/mol. The normalized spacial score (nSPS) is 12.6. The average Bonchev–Trinajstić information content (AvgIpc) is 3.03. The van der Waals surface area contributed by atoms with E-state index in [2.05, 4.69) is 36.6 Å². The van der Waals surface area contributed by atoms with Gasteiger partial charge in [0.05, 0.1) is 13.2 Å². The van der Waals surface area contributed by atoms with Crippen molar-refractivity contribution in [1.82, 2.24) is 10.6 Å². The fourth-order valence-corrected chi connectivity index (χ4v) is 5.33. The number of hydrogen-bond acceptors (Lipinski definition) is 6. The monoisotopic (exact) mass is 653 g/mol. The number of hydrogen-bond donors (Lipinski definition) is 4. The summed E-state index contributed by atoms with van der Waals surface area (Å²) in [6.07, 6.45) is 31.1. The van der Waals surface area contributed by atoms with E-state index in [-0.39, 0.29) is 24.5 Å². The minimum Gasteiger partial charge on any atom is -0.480 e. The number of aliphatic carboxylic acids is 1. The number of carbonyl (C=O) groups is 4. The first-order valence-corrected chi connectivity index (χ1v) is 18.6. The van der Waals surface area contributed by atoms with Gasteiger partial charge in [0.15, 0.2) is 0 Å². The number of unbranched alkanes of at least 4 members (excludes halogenated alkanes) is 19. The molecule has 0 aromatic rings. The van der Waals surface area contributed by atoms with E-state index in [9.17, 15) is 19.2 Å². The van der Waals surface area contributed by atoms with Gasteiger partial charge in [-0.25, -0.2) is 4.79 Å². The second kappa shape index (κ2) is 32.5. The lowest BCUT2D eigenvalue weighted by atomic mass is 10.0. The van der Waals surface area contributed by atoms with Crippen LogP contribution >= 0.6 is 0 Å². The van der Waals surface area contributed by atoms with Gasteiger partial charge in [-0.1, -0.05) is 129 Å². The molecule has 9 nitrogen and oxygen atoms in total. The molecule has 4 N–H and O–H groups in total. The lowest BCUT2D eigenvalue weighted by Gasteiger charge is -2.15. The molecule has 0 aromatic carbocycles. The second-order valence-electron chi connectivity index (χ2n) is 12.7. The van der Waals surface area contributed by atoms with Crippen molar-refractivity contribution in [3.63, 3.8) is 0 Å². The smallest absolute Gasteiger partial charge is 0.328 e. The molecule has 268 valence electrons. The van der Waals surface area contributed by atoms with Gasteiger partial charge in [0.2, 0.25) is 11.8 Å². The zero-order valence-corrected chi connectivity index (χ0v) is 29.3. The van der Waals surface area contributed by atoms with Crippen LogP contribution in [0.2, 0.25) is 0 Å². The van der Waals surface area contributed by atoms with Crippen molar-refractivity contribution in [3.8, 4) is 0 Å². The number of allylic oxidation sites excluding steroid dienone is 1. The van der Waals surface area contributed by atoms with E-state index < -0.39 is 24.5 Å². The summed E-state index contributed by atoms with van der Waals surface area (Å²) < 4.78 is 5.89. The molecule has 9 heteroatoms. The molecule has 0 radical (unpaired) electrons. The number of carboxylic acid groups (broad SMARTS) is 1. The molecular weight excluding hydrogens is 584 g/mol. The molecule has 0 fully saturated rings. The minimum absolute atomic E-state index is 0.0805. The summed E-state index contributed by atoms with van der Waals surface area (Å²) in [6, 6.07) is -1.38. The molecule has 0 heterocycles. The van der Waals surface area contributed by atoms with Crippen molar-refractivity contribution in [2.45, 2.75) is 187 Å². The Bertz CT molecular complexity index is 803. The lowest BCUT2D eigenvalue weighted by molar-refractivity contribution is -0.147. The molecule has 2 unspecified atom stereocenters. The third-order valence-corrected chi connectivity index (χ3v) is 8.25. The van der Waals surface area contributed by atoms with Crippen LogP contribution in [0.15, 0.2) is 12.2 Å². The van der Waals surface area contributed by atoms with Gasteiger partial charge in [0.1, 0.15) is 12.1 Å². The van der Waals surface area contributed by atoms with E-state index in [0.717, 1.165) is 57.8 Å². The van der Waals surface area contributed by atoms with Crippen LogP contribution < -0.4 is 10.6 Å². The molecule has 0 saturated heterocycles. The SMILES string of the molecule is CCCCCCCC/C=C\C(CCCCCCCCC(=O)NCC(=O)NC(CO)C(=O)O)OC(=O)CCCCCCCCCCC. The van der Waals surface area contributed by atoms with Gasteiger partial charge in [-0.3, -0.25) is 14.4 Å². The Morgan fingerprint density at radius 1 is 0.652 bits per heavy atom. The van der Waals surface area contributed by atoms with Gasteiger partial charge in [-0.15, -0.1) is 0 Å². The topological polar surface area (TPSA) is 142 Å². The lowest BCUT2D eigenvalue weighted by Crippen LogP contribution is -2.47. The van der Waals surface area contributed by atoms with Gasteiger partial charge in [-0.2, -0.15) is 0 Å². The Hall–Kier alpha value is -2.42. The van der Waals surface area contributed by atoms with Gasteiger partial charge in [-0.05, 0) is 44.6 Å². The Morgan fingerprint density at radius 3 is 1.70 bits per heavy atom. The quantitative estimate of drug-likeness (QED) is 0.0320. The highest BCUT2D eigenvalue weighted by atomic mass is 16.5. The van der Waals surface area contributed by atoms with Crippen LogP contribution in [0.3, 0.4) is 0 Å². The van der Waals surface area contributed by atoms with E-state index in [0.29, 0.717) is 19.3 Å². The maximum atomic E-state index is 12.6. The number of nitrogens with one attached hydrogen (secondary N) is 2. The van der Waals surface area contributed by atoms with E-state index in [1.54, 1.807) is 0 Å². The number of aliphatic hydroxyl groups excluding tert-OH is 1. The number of ether oxygens (including phenoxy) is 1. The largest absolute Gasteiger partial charge is 0.480 e. The van der Waals surface area contributed by atoms with Crippen LogP contribution in [-0.4, -0.2) is 59.3 Å². The van der Waals surface area contributed by atoms with Gasteiger partial charge >= 0.3 is 11.9 Å². The second-order valence-corrected chi connectivity index (χ2v) is 12.7. The summed E-state index contributed by atoms with van der Waals surface area (Å²) in [7, 11) is 0. The number of rotatable bonds is 33. The summed E-state index contributed by atoms with van der Waals surface area (Å²) in [5, 5.41) is 22.4. The Kier molecular flexibility index (Phi) is 30.8. The average molecular weight is 653 g/mol. The molecule has 0 aliphatic heterocycles. The highest BCUT2D eigenvalue weighted by molar-refractivity contribution is 5.87. The van der Waals surface area contributed by atoms with Crippen LogP contribution in [0, 0.1) is 0 Å². The number of amides is 2. The Morgan fingerprint density at radius 2 is 1.15 bits per heavy atom. The zero-order valence-electron chi connectivity index (χ0n) is 29.3. The summed E-state index contributed by atoms with van der Waals surface area (Å²) in [5.41, 5.74) is 0. The van der Waals surface area contributed by atoms with Crippen molar-refractivity contribution < 1.29 is 34.1 Å². The Balaban J connectivity index is 4.24.